The molecule has 1 fully saturated rings. The molecule has 1 unspecified atom stereocenters. The van der Waals surface area contributed by atoms with Crippen molar-refractivity contribution in [2.75, 3.05) is 7.05 Å². The molecule has 1 atom stereocenters. The molecule has 1 N–H and O–H groups in total. The Morgan fingerprint density at radius 2 is 2.43 bits per heavy atom. The quantitative estimate of drug-likeness (QED) is 0.876. The highest BCUT2D eigenvalue weighted by Crippen LogP contribution is 2.41. The first-order valence-corrected chi connectivity index (χ1v) is 6.81. The molecule has 1 aromatic rings. The van der Waals surface area contributed by atoms with E-state index in [2.05, 4.69) is 27.3 Å². The molecule has 0 aromatic carbocycles. The molecule has 0 saturated heterocycles. The van der Waals surface area contributed by atoms with Crippen LogP contribution < -0.4 is 5.32 Å². The number of nitrogens with one attached hydrogen (secondary N) is 1. The molecule has 0 bridgehead atoms. The normalized spacial score (nSPS) is 18.5. The second kappa shape index (κ2) is 4.52. The van der Waals surface area contributed by atoms with Gasteiger partial charge in [-0.25, -0.2) is 0 Å². The van der Waals surface area contributed by atoms with Gasteiger partial charge in [-0.2, -0.15) is 0 Å². The minimum absolute atomic E-state index is 0.483. The van der Waals surface area contributed by atoms with Crippen molar-refractivity contribution >= 4 is 38.9 Å². The van der Waals surface area contributed by atoms with E-state index in [1.807, 2.05) is 7.05 Å². The van der Waals surface area contributed by atoms with Crippen molar-refractivity contribution in [1.82, 2.24) is 5.32 Å². The Kier molecular flexibility index (Phi) is 3.53. The summed E-state index contributed by atoms with van der Waals surface area (Å²) in [6.07, 6.45) is 4.05. The first-order chi connectivity index (χ1) is 6.70. The van der Waals surface area contributed by atoms with Crippen LogP contribution in [0.25, 0.3) is 0 Å². The average molecular weight is 295 g/mol. The highest BCUT2D eigenvalue weighted by atomic mass is 79.9. The summed E-state index contributed by atoms with van der Waals surface area (Å²) < 4.78 is 1.88. The molecule has 0 spiro atoms. The molecule has 78 valence electrons. The molecule has 2 rings (SSSR count). The SMILES string of the molecule is CNC(CC1CC1)c1cc(Br)c(Cl)s1. The number of hydrogen-bond acceptors (Lipinski definition) is 2. The van der Waals surface area contributed by atoms with Gasteiger partial charge in [-0.15, -0.1) is 11.3 Å². The summed E-state index contributed by atoms with van der Waals surface area (Å²) in [6.45, 7) is 0. The van der Waals surface area contributed by atoms with Crippen molar-refractivity contribution in [3.8, 4) is 0 Å². The van der Waals surface area contributed by atoms with Crippen LogP contribution in [0.3, 0.4) is 0 Å². The third kappa shape index (κ3) is 2.51. The van der Waals surface area contributed by atoms with Crippen molar-refractivity contribution in [3.63, 3.8) is 0 Å². The van der Waals surface area contributed by atoms with E-state index in [0.29, 0.717) is 6.04 Å². The lowest BCUT2D eigenvalue weighted by Gasteiger charge is -2.13. The number of halogens is 2. The van der Waals surface area contributed by atoms with Gasteiger partial charge in [-0.05, 0) is 41.4 Å². The van der Waals surface area contributed by atoms with Crippen LogP contribution in [0.5, 0.6) is 0 Å². The zero-order chi connectivity index (χ0) is 10.1. The lowest BCUT2D eigenvalue weighted by molar-refractivity contribution is 0.522. The second-order valence-electron chi connectivity index (χ2n) is 3.79. The smallest absolute Gasteiger partial charge is 0.107 e. The van der Waals surface area contributed by atoms with Crippen molar-refractivity contribution in [1.29, 1.82) is 0 Å². The number of hydrogen-bond donors (Lipinski definition) is 1. The molecule has 1 aromatic heterocycles. The molecule has 1 saturated carbocycles. The minimum atomic E-state index is 0.483. The molecule has 1 aliphatic rings. The maximum Gasteiger partial charge on any atom is 0.107 e. The van der Waals surface area contributed by atoms with Gasteiger partial charge < -0.3 is 5.32 Å². The Hall–Kier alpha value is 0.430. The standard InChI is InChI=1S/C10H13BrClNS/c1-13-8(4-6-2-3-6)9-5-7(11)10(12)14-9/h5-6,8,13H,2-4H2,1H3. The van der Waals surface area contributed by atoms with Crippen LogP contribution >= 0.6 is 38.9 Å². The van der Waals surface area contributed by atoms with Gasteiger partial charge in [0.1, 0.15) is 4.34 Å². The predicted molar refractivity (Wildman–Crippen MR) is 66.2 cm³/mol. The number of rotatable bonds is 4. The summed E-state index contributed by atoms with van der Waals surface area (Å²) in [5.41, 5.74) is 0. The van der Waals surface area contributed by atoms with Crippen molar-refractivity contribution in [2.24, 2.45) is 5.92 Å². The molecule has 0 aliphatic heterocycles. The van der Waals surface area contributed by atoms with Crippen LogP contribution in [-0.2, 0) is 0 Å². The van der Waals surface area contributed by atoms with Gasteiger partial charge in [-0.1, -0.05) is 24.4 Å². The van der Waals surface area contributed by atoms with Crippen molar-refractivity contribution in [2.45, 2.75) is 25.3 Å². The molecule has 0 amide bonds. The van der Waals surface area contributed by atoms with Crippen LogP contribution in [0.15, 0.2) is 10.5 Å². The lowest BCUT2D eigenvalue weighted by atomic mass is 10.1. The van der Waals surface area contributed by atoms with Gasteiger partial charge >= 0.3 is 0 Å². The molecular weight excluding hydrogens is 282 g/mol. The van der Waals surface area contributed by atoms with Gasteiger partial charge in [0.2, 0.25) is 0 Å². The highest BCUT2D eigenvalue weighted by Gasteiger charge is 2.26. The van der Waals surface area contributed by atoms with Gasteiger partial charge in [0.25, 0.3) is 0 Å². The van der Waals surface area contributed by atoms with Gasteiger partial charge in [-0.3, -0.25) is 0 Å². The first kappa shape index (κ1) is 10.9. The molecule has 0 radical (unpaired) electrons. The molecule has 4 heteroatoms. The maximum absolute atomic E-state index is 6.03. The van der Waals surface area contributed by atoms with Crippen LogP contribution in [0, 0.1) is 5.92 Å². The molecular formula is C10H13BrClNS. The Labute approximate surface area is 102 Å². The molecule has 1 nitrogen and oxygen atoms in total. The van der Waals surface area contributed by atoms with E-state index in [-0.39, 0.29) is 0 Å². The van der Waals surface area contributed by atoms with Gasteiger partial charge in [0.05, 0.1) is 0 Å². The molecule has 14 heavy (non-hydrogen) atoms. The first-order valence-electron chi connectivity index (χ1n) is 4.82. The third-order valence-electron chi connectivity index (χ3n) is 2.62. The fourth-order valence-corrected chi connectivity index (χ4v) is 3.46. The summed E-state index contributed by atoms with van der Waals surface area (Å²) in [6, 6.07) is 2.62. The Morgan fingerprint density at radius 1 is 1.71 bits per heavy atom. The van der Waals surface area contributed by atoms with E-state index in [4.69, 9.17) is 11.6 Å². The monoisotopic (exact) mass is 293 g/mol. The van der Waals surface area contributed by atoms with E-state index in [1.54, 1.807) is 11.3 Å². The van der Waals surface area contributed by atoms with Gasteiger partial charge in [0.15, 0.2) is 0 Å². The summed E-state index contributed by atoms with van der Waals surface area (Å²) >= 11 is 11.1. The summed E-state index contributed by atoms with van der Waals surface area (Å²) in [7, 11) is 2.02. The minimum Gasteiger partial charge on any atom is -0.312 e. The third-order valence-corrected chi connectivity index (χ3v) is 5.21. The predicted octanol–water partition coefficient (Wildman–Crippen LogP) is 4.22. The van der Waals surface area contributed by atoms with Crippen molar-refractivity contribution < 1.29 is 0 Å². The van der Waals surface area contributed by atoms with Crippen LogP contribution in [0.2, 0.25) is 4.34 Å². The molecule has 1 aliphatic carbocycles. The van der Waals surface area contributed by atoms with Crippen LogP contribution in [0.4, 0.5) is 0 Å². The zero-order valence-corrected chi connectivity index (χ0v) is 11.2. The topological polar surface area (TPSA) is 12.0 Å². The zero-order valence-electron chi connectivity index (χ0n) is 8.02. The van der Waals surface area contributed by atoms with E-state index >= 15 is 0 Å². The summed E-state index contributed by atoms with van der Waals surface area (Å²) in [4.78, 5) is 1.34. The average Bonchev–Trinajstić information content (AvgIpc) is 2.91. The Morgan fingerprint density at radius 3 is 2.86 bits per heavy atom. The fourth-order valence-electron chi connectivity index (χ4n) is 1.60. The van der Waals surface area contributed by atoms with E-state index in [1.165, 1.54) is 24.1 Å². The van der Waals surface area contributed by atoms with Crippen molar-refractivity contribution in [3.05, 3.63) is 19.8 Å². The second-order valence-corrected chi connectivity index (χ2v) is 6.33. The maximum atomic E-state index is 6.03. The molecule has 1 heterocycles. The Balaban J connectivity index is 2.08. The lowest BCUT2D eigenvalue weighted by Crippen LogP contribution is -2.15. The van der Waals surface area contributed by atoms with E-state index in [9.17, 15) is 0 Å². The van der Waals surface area contributed by atoms with Crippen LogP contribution in [-0.4, -0.2) is 7.05 Å². The van der Waals surface area contributed by atoms with E-state index in [0.717, 1.165) is 14.7 Å². The number of thiophene rings is 1. The Bertz CT molecular complexity index is 302. The summed E-state index contributed by atoms with van der Waals surface area (Å²) in [5, 5.41) is 3.36. The van der Waals surface area contributed by atoms with Crippen LogP contribution in [0.1, 0.15) is 30.2 Å². The largest absolute Gasteiger partial charge is 0.312 e. The fraction of sp³-hybridized carbons (Fsp3) is 0.600. The highest BCUT2D eigenvalue weighted by molar-refractivity contribution is 9.10. The summed E-state index contributed by atoms with van der Waals surface area (Å²) in [5.74, 6) is 0.937. The van der Waals surface area contributed by atoms with Gasteiger partial charge in [0, 0.05) is 15.4 Å². The van der Waals surface area contributed by atoms with E-state index < -0.39 is 0 Å².